The first-order chi connectivity index (χ1) is 8.95. The fourth-order valence-corrected chi connectivity index (χ4v) is 2.35. The third-order valence-corrected chi connectivity index (χ3v) is 3.09. The highest BCUT2D eigenvalue weighted by molar-refractivity contribution is 5.31. The Labute approximate surface area is 112 Å². The molecule has 2 aromatic rings. The van der Waals surface area contributed by atoms with E-state index in [1.165, 1.54) is 6.07 Å². The van der Waals surface area contributed by atoms with Crippen LogP contribution in [0, 0.1) is 25.5 Å². The first-order valence-electron chi connectivity index (χ1n) is 6.23. The van der Waals surface area contributed by atoms with Crippen molar-refractivity contribution >= 4 is 0 Å². The standard InChI is InChI=1S/C16H17F2N/c1-10-5-11(2)7-12(6-10)8-16(19)14-9-13(17)3-4-15(14)18/h3-7,9,16H,8,19H2,1-2H3. The number of hydrogen-bond donors (Lipinski definition) is 1. The van der Waals surface area contributed by atoms with Gasteiger partial charge in [-0.3, -0.25) is 0 Å². The summed E-state index contributed by atoms with van der Waals surface area (Å²) in [5.41, 5.74) is 9.53. The van der Waals surface area contributed by atoms with E-state index >= 15 is 0 Å². The van der Waals surface area contributed by atoms with Gasteiger partial charge in [0.25, 0.3) is 0 Å². The molecule has 1 nitrogen and oxygen atoms in total. The molecule has 0 aliphatic heterocycles. The van der Waals surface area contributed by atoms with Gasteiger partial charge in [-0.2, -0.15) is 0 Å². The molecule has 0 bridgehead atoms. The van der Waals surface area contributed by atoms with Crippen molar-refractivity contribution in [2.75, 3.05) is 0 Å². The van der Waals surface area contributed by atoms with Crippen LogP contribution in [-0.4, -0.2) is 0 Å². The number of nitrogens with two attached hydrogens (primary N) is 1. The van der Waals surface area contributed by atoms with Gasteiger partial charge in [0.2, 0.25) is 0 Å². The van der Waals surface area contributed by atoms with E-state index in [0.29, 0.717) is 6.42 Å². The van der Waals surface area contributed by atoms with Crippen molar-refractivity contribution in [1.82, 2.24) is 0 Å². The zero-order valence-corrected chi connectivity index (χ0v) is 11.1. The first-order valence-corrected chi connectivity index (χ1v) is 6.23. The van der Waals surface area contributed by atoms with Gasteiger partial charge in [0, 0.05) is 11.6 Å². The maximum Gasteiger partial charge on any atom is 0.128 e. The van der Waals surface area contributed by atoms with Crippen LogP contribution in [0.3, 0.4) is 0 Å². The van der Waals surface area contributed by atoms with Gasteiger partial charge in [-0.05, 0) is 44.0 Å². The summed E-state index contributed by atoms with van der Waals surface area (Å²) in [4.78, 5) is 0. The number of halogens is 2. The van der Waals surface area contributed by atoms with E-state index in [-0.39, 0.29) is 5.56 Å². The lowest BCUT2D eigenvalue weighted by Gasteiger charge is -2.14. The molecule has 2 N–H and O–H groups in total. The molecule has 100 valence electrons. The van der Waals surface area contributed by atoms with E-state index in [1.54, 1.807) is 0 Å². The van der Waals surface area contributed by atoms with E-state index in [9.17, 15) is 8.78 Å². The molecule has 0 radical (unpaired) electrons. The summed E-state index contributed by atoms with van der Waals surface area (Å²) in [6.07, 6.45) is 0.489. The Bertz CT molecular complexity index is 573. The zero-order chi connectivity index (χ0) is 14.0. The molecule has 0 aliphatic carbocycles. The highest BCUT2D eigenvalue weighted by Gasteiger charge is 2.13. The normalized spacial score (nSPS) is 12.5. The largest absolute Gasteiger partial charge is 0.324 e. The van der Waals surface area contributed by atoms with E-state index < -0.39 is 17.7 Å². The topological polar surface area (TPSA) is 26.0 Å². The molecule has 3 heteroatoms. The highest BCUT2D eigenvalue weighted by Crippen LogP contribution is 2.21. The molecule has 0 fully saturated rings. The Kier molecular flexibility index (Phi) is 3.96. The summed E-state index contributed by atoms with van der Waals surface area (Å²) in [7, 11) is 0. The van der Waals surface area contributed by atoms with Crippen molar-refractivity contribution in [2.45, 2.75) is 26.3 Å². The monoisotopic (exact) mass is 261 g/mol. The third kappa shape index (κ3) is 3.38. The van der Waals surface area contributed by atoms with Crippen LogP contribution >= 0.6 is 0 Å². The van der Waals surface area contributed by atoms with Crippen molar-refractivity contribution < 1.29 is 8.78 Å². The molecule has 0 saturated carbocycles. The predicted molar refractivity (Wildman–Crippen MR) is 72.9 cm³/mol. The van der Waals surface area contributed by atoms with Gasteiger partial charge < -0.3 is 5.73 Å². The van der Waals surface area contributed by atoms with Crippen LogP contribution in [0.4, 0.5) is 8.78 Å². The van der Waals surface area contributed by atoms with Gasteiger partial charge in [-0.25, -0.2) is 8.78 Å². The molecule has 2 aromatic carbocycles. The Morgan fingerprint density at radius 3 is 2.26 bits per heavy atom. The molecule has 2 rings (SSSR count). The van der Waals surface area contributed by atoms with Crippen molar-refractivity contribution in [1.29, 1.82) is 0 Å². The Hall–Kier alpha value is -1.74. The average molecular weight is 261 g/mol. The van der Waals surface area contributed by atoms with Crippen LogP contribution < -0.4 is 5.73 Å². The summed E-state index contributed by atoms with van der Waals surface area (Å²) < 4.78 is 26.8. The highest BCUT2D eigenvalue weighted by atomic mass is 19.1. The molecule has 19 heavy (non-hydrogen) atoms. The summed E-state index contributed by atoms with van der Waals surface area (Å²) >= 11 is 0. The molecule has 0 aliphatic rings. The smallest absolute Gasteiger partial charge is 0.128 e. The summed E-state index contributed by atoms with van der Waals surface area (Å²) in [6, 6.07) is 8.94. The first kappa shape index (κ1) is 13.7. The molecule has 0 saturated heterocycles. The second-order valence-electron chi connectivity index (χ2n) is 4.97. The minimum atomic E-state index is -0.545. The van der Waals surface area contributed by atoms with Crippen molar-refractivity contribution in [3.63, 3.8) is 0 Å². The molecule has 0 heterocycles. The Morgan fingerprint density at radius 1 is 1.00 bits per heavy atom. The summed E-state index contributed by atoms with van der Waals surface area (Å²) in [6.45, 7) is 4.01. The Morgan fingerprint density at radius 2 is 1.63 bits per heavy atom. The maximum atomic E-state index is 13.6. The lowest BCUT2D eigenvalue weighted by molar-refractivity contribution is 0.561. The van der Waals surface area contributed by atoms with Gasteiger partial charge in [-0.1, -0.05) is 29.3 Å². The van der Waals surface area contributed by atoms with Crippen LogP contribution in [0.15, 0.2) is 36.4 Å². The number of aryl methyl sites for hydroxylation is 2. The number of rotatable bonds is 3. The van der Waals surface area contributed by atoms with E-state index in [1.807, 2.05) is 26.0 Å². The molecular weight excluding hydrogens is 244 g/mol. The average Bonchev–Trinajstić information content (AvgIpc) is 2.30. The summed E-state index contributed by atoms with van der Waals surface area (Å²) in [5.74, 6) is -0.925. The predicted octanol–water partition coefficient (Wildman–Crippen LogP) is 3.82. The SMILES string of the molecule is Cc1cc(C)cc(CC(N)c2cc(F)ccc2F)c1. The van der Waals surface area contributed by atoms with Crippen LogP contribution in [0.5, 0.6) is 0 Å². The van der Waals surface area contributed by atoms with Gasteiger partial charge in [0.1, 0.15) is 11.6 Å². The van der Waals surface area contributed by atoms with Crippen molar-refractivity contribution in [3.05, 3.63) is 70.3 Å². The van der Waals surface area contributed by atoms with Crippen LogP contribution in [0.2, 0.25) is 0 Å². The summed E-state index contributed by atoms with van der Waals surface area (Å²) in [5, 5.41) is 0. The van der Waals surface area contributed by atoms with Crippen LogP contribution in [0.1, 0.15) is 28.3 Å². The van der Waals surface area contributed by atoms with Gasteiger partial charge in [-0.15, -0.1) is 0 Å². The molecule has 0 amide bonds. The van der Waals surface area contributed by atoms with E-state index in [4.69, 9.17) is 5.73 Å². The minimum Gasteiger partial charge on any atom is -0.324 e. The fraction of sp³-hybridized carbons (Fsp3) is 0.250. The third-order valence-electron chi connectivity index (χ3n) is 3.09. The maximum absolute atomic E-state index is 13.6. The molecule has 1 unspecified atom stereocenters. The van der Waals surface area contributed by atoms with Crippen LogP contribution in [-0.2, 0) is 6.42 Å². The van der Waals surface area contributed by atoms with E-state index in [2.05, 4.69) is 6.07 Å². The minimum absolute atomic E-state index is 0.221. The fourth-order valence-electron chi connectivity index (χ4n) is 2.35. The second kappa shape index (κ2) is 5.49. The van der Waals surface area contributed by atoms with Gasteiger partial charge in [0.05, 0.1) is 0 Å². The molecule has 0 aromatic heterocycles. The van der Waals surface area contributed by atoms with Gasteiger partial charge in [0.15, 0.2) is 0 Å². The molecule has 0 spiro atoms. The van der Waals surface area contributed by atoms with E-state index in [0.717, 1.165) is 28.8 Å². The lowest BCUT2D eigenvalue weighted by Crippen LogP contribution is -2.15. The second-order valence-corrected chi connectivity index (χ2v) is 4.97. The number of benzene rings is 2. The van der Waals surface area contributed by atoms with Gasteiger partial charge >= 0.3 is 0 Å². The van der Waals surface area contributed by atoms with Crippen LogP contribution in [0.25, 0.3) is 0 Å². The Balaban J connectivity index is 2.25. The zero-order valence-electron chi connectivity index (χ0n) is 11.1. The number of hydrogen-bond acceptors (Lipinski definition) is 1. The lowest BCUT2D eigenvalue weighted by atomic mass is 9.97. The van der Waals surface area contributed by atoms with Crippen molar-refractivity contribution in [3.8, 4) is 0 Å². The molecule has 1 atom stereocenters. The molecular formula is C16H17F2N. The van der Waals surface area contributed by atoms with Crippen molar-refractivity contribution in [2.24, 2.45) is 5.73 Å². The quantitative estimate of drug-likeness (QED) is 0.893.